The number of rotatable bonds is 2. The molecule has 0 amide bonds. The van der Waals surface area contributed by atoms with Gasteiger partial charge in [-0.2, -0.15) is 0 Å². The molecule has 2 N–H and O–H groups in total. The monoisotopic (exact) mass is 221 g/mol. The van der Waals surface area contributed by atoms with E-state index < -0.39 is 11.6 Å². The fourth-order valence-electron chi connectivity index (χ4n) is 0.961. The molecule has 0 bridgehead atoms. The second-order valence-electron chi connectivity index (χ2n) is 2.32. The van der Waals surface area contributed by atoms with Crippen LogP contribution in [0, 0.1) is 11.6 Å². The summed E-state index contributed by atoms with van der Waals surface area (Å²) >= 11 is 2.24. The maximum atomic E-state index is 13.3. The summed E-state index contributed by atoms with van der Waals surface area (Å²) in [4.78, 5) is 0.420. The van der Waals surface area contributed by atoms with Gasteiger partial charge in [0.2, 0.25) is 0 Å². The van der Waals surface area contributed by atoms with Crippen LogP contribution < -0.4 is 5.73 Å². The van der Waals surface area contributed by atoms with Gasteiger partial charge < -0.3 is 5.73 Å². The molecule has 5 heteroatoms. The fourth-order valence-corrected chi connectivity index (χ4v) is 2.03. The molecule has 0 fully saturated rings. The highest BCUT2D eigenvalue weighted by Gasteiger charge is 2.14. The van der Waals surface area contributed by atoms with Gasteiger partial charge in [-0.3, -0.25) is 0 Å². The van der Waals surface area contributed by atoms with Crippen LogP contribution in [-0.2, 0) is 0 Å². The standard InChI is InChI=1S/C8H9F2NS2/c1-12-5-3-4(9)8(13-2)7(11)6(5)10/h3H,11H2,1-2H3. The van der Waals surface area contributed by atoms with Crippen LogP contribution in [0.5, 0.6) is 0 Å². The Bertz CT molecular complexity index is 328. The van der Waals surface area contributed by atoms with E-state index in [1.165, 1.54) is 6.07 Å². The maximum absolute atomic E-state index is 13.3. The number of nitrogen functional groups attached to an aromatic ring is 1. The zero-order valence-electron chi connectivity index (χ0n) is 7.23. The van der Waals surface area contributed by atoms with Crippen molar-refractivity contribution in [2.24, 2.45) is 0 Å². The van der Waals surface area contributed by atoms with Crippen molar-refractivity contribution < 1.29 is 8.78 Å². The van der Waals surface area contributed by atoms with Gasteiger partial charge in [0.05, 0.1) is 10.6 Å². The van der Waals surface area contributed by atoms with Gasteiger partial charge in [-0.1, -0.05) is 0 Å². The van der Waals surface area contributed by atoms with Crippen molar-refractivity contribution in [1.82, 2.24) is 0 Å². The van der Waals surface area contributed by atoms with Crippen molar-refractivity contribution in [3.63, 3.8) is 0 Å². The van der Waals surface area contributed by atoms with E-state index in [0.717, 1.165) is 23.5 Å². The van der Waals surface area contributed by atoms with Crippen LogP contribution in [0.4, 0.5) is 14.5 Å². The molecule has 0 aliphatic heterocycles. The average Bonchev–Trinajstić information content (AvgIpc) is 2.12. The van der Waals surface area contributed by atoms with E-state index in [0.29, 0.717) is 0 Å². The average molecular weight is 221 g/mol. The van der Waals surface area contributed by atoms with Crippen molar-refractivity contribution in [1.29, 1.82) is 0 Å². The molecule has 0 aliphatic rings. The third-order valence-electron chi connectivity index (χ3n) is 1.60. The summed E-state index contributed by atoms with van der Waals surface area (Å²) in [5.74, 6) is -0.992. The normalized spacial score (nSPS) is 10.5. The zero-order valence-corrected chi connectivity index (χ0v) is 8.86. The second-order valence-corrected chi connectivity index (χ2v) is 3.99. The van der Waals surface area contributed by atoms with Crippen LogP contribution in [0.2, 0.25) is 0 Å². The van der Waals surface area contributed by atoms with Gasteiger partial charge >= 0.3 is 0 Å². The molecular formula is C8H9F2NS2. The lowest BCUT2D eigenvalue weighted by Crippen LogP contribution is -1.98. The first-order valence-corrected chi connectivity index (χ1v) is 5.92. The van der Waals surface area contributed by atoms with Crippen LogP contribution in [0.1, 0.15) is 0 Å². The number of nitrogens with two attached hydrogens (primary N) is 1. The highest BCUT2D eigenvalue weighted by atomic mass is 32.2. The van der Waals surface area contributed by atoms with Crippen LogP contribution in [-0.4, -0.2) is 12.5 Å². The van der Waals surface area contributed by atoms with Gasteiger partial charge in [0, 0.05) is 4.90 Å². The zero-order chi connectivity index (χ0) is 10.0. The van der Waals surface area contributed by atoms with Crippen LogP contribution in [0.3, 0.4) is 0 Å². The molecule has 0 saturated carbocycles. The summed E-state index contributed by atoms with van der Waals surface area (Å²) in [6, 6.07) is 1.17. The molecule has 1 nitrogen and oxygen atoms in total. The lowest BCUT2D eigenvalue weighted by molar-refractivity contribution is 0.563. The van der Waals surface area contributed by atoms with E-state index in [9.17, 15) is 8.78 Å². The van der Waals surface area contributed by atoms with Crippen molar-refractivity contribution in [2.45, 2.75) is 9.79 Å². The van der Waals surface area contributed by atoms with E-state index in [1.807, 2.05) is 0 Å². The molecule has 72 valence electrons. The number of hydrogen-bond donors (Lipinski definition) is 1. The molecule has 0 unspecified atom stereocenters. The lowest BCUT2D eigenvalue weighted by atomic mass is 10.3. The Morgan fingerprint density at radius 2 is 1.85 bits per heavy atom. The third kappa shape index (κ3) is 1.91. The fraction of sp³-hybridized carbons (Fsp3) is 0.250. The molecule has 1 aromatic rings. The van der Waals surface area contributed by atoms with E-state index in [2.05, 4.69) is 0 Å². The minimum absolute atomic E-state index is 0.100. The number of thioether (sulfide) groups is 2. The minimum Gasteiger partial charge on any atom is -0.395 e. The summed E-state index contributed by atoms with van der Waals surface area (Å²) in [7, 11) is 0. The number of benzene rings is 1. The molecule has 0 heterocycles. The van der Waals surface area contributed by atoms with Crippen molar-refractivity contribution >= 4 is 29.2 Å². The molecule has 0 spiro atoms. The van der Waals surface area contributed by atoms with Gasteiger partial charge in [-0.25, -0.2) is 8.78 Å². The summed E-state index contributed by atoms with van der Waals surface area (Å²) < 4.78 is 26.5. The third-order valence-corrected chi connectivity index (χ3v) is 3.16. The van der Waals surface area contributed by atoms with Gasteiger partial charge in [-0.05, 0) is 18.6 Å². The van der Waals surface area contributed by atoms with E-state index >= 15 is 0 Å². The van der Waals surface area contributed by atoms with Crippen LogP contribution in [0.25, 0.3) is 0 Å². The van der Waals surface area contributed by atoms with Gasteiger partial charge in [0.15, 0.2) is 5.82 Å². The van der Waals surface area contributed by atoms with Crippen LogP contribution in [0.15, 0.2) is 15.9 Å². The second kappa shape index (κ2) is 4.19. The number of hydrogen-bond acceptors (Lipinski definition) is 3. The van der Waals surface area contributed by atoms with Gasteiger partial charge in [-0.15, -0.1) is 23.5 Å². The molecule has 13 heavy (non-hydrogen) atoms. The van der Waals surface area contributed by atoms with Gasteiger partial charge in [0.1, 0.15) is 5.82 Å². The summed E-state index contributed by atoms with van der Waals surface area (Å²) in [5, 5.41) is 0. The molecular weight excluding hydrogens is 212 g/mol. The van der Waals surface area contributed by atoms with E-state index in [1.54, 1.807) is 12.5 Å². The molecule has 1 rings (SSSR count). The number of anilines is 1. The first kappa shape index (κ1) is 10.7. The SMILES string of the molecule is CSc1cc(F)c(SC)c(N)c1F. The Kier molecular flexibility index (Phi) is 3.44. The maximum Gasteiger partial charge on any atom is 0.160 e. The van der Waals surface area contributed by atoms with E-state index in [4.69, 9.17) is 5.73 Å². The predicted octanol–water partition coefficient (Wildman–Crippen LogP) is 2.99. The highest BCUT2D eigenvalue weighted by Crippen LogP contribution is 2.33. The van der Waals surface area contributed by atoms with Crippen LogP contribution >= 0.6 is 23.5 Å². The topological polar surface area (TPSA) is 26.0 Å². The molecule has 0 aliphatic carbocycles. The van der Waals surface area contributed by atoms with Crippen molar-refractivity contribution in [3.8, 4) is 0 Å². The number of halogens is 2. The molecule has 0 aromatic heterocycles. The Hall–Kier alpha value is -0.420. The first-order valence-electron chi connectivity index (χ1n) is 3.47. The Balaban J connectivity index is 3.37. The lowest BCUT2D eigenvalue weighted by Gasteiger charge is -2.08. The molecule has 0 radical (unpaired) electrons. The van der Waals surface area contributed by atoms with Crippen molar-refractivity contribution in [3.05, 3.63) is 17.7 Å². The quantitative estimate of drug-likeness (QED) is 0.614. The summed E-state index contributed by atoms with van der Waals surface area (Å²) in [5.41, 5.74) is 5.32. The highest BCUT2D eigenvalue weighted by molar-refractivity contribution is 7.99. The summed E-state index contributed by atoms with van der Waals surface area (Å²) in [6.45, 7) is 0. The Labute approximate surface area is 84.1 Å². The van der Waals surface area contributed by atoms with E-state index in [-0.39, 0.29) is 15.5 Å². The predicted molar refractivity (Wildman–Crippen MR) is 54.3 cm³/mol. The minimum atomic E-state index is -0.529. The van der Waals surface area contributed by atoms with Crippen molar-refractivity contribution in [2.75, 3.05) is 18.2 Å². The molecule has 0 saturated heterocycles. The molecule has 1 aromatic carbocycles. The smallest absolute Gasteiger partial charge is 0.160 e. The largest absolute Gasteiger partial charge is 0.395 e. The Morgan fingerprint density at radius 3 is 2.31 bits per heavy atom. The first-order chi connectivity index (χ1) is 6.11. The van der Waals surface area contributed by atoms with Gasteiger partial charge in [0.25, 0.3) is 0 Å². The molecule has 0 atom stereocenters. The Morgan fingerprint density at radius 1 is 1.23 bits per heavy atom. The summed E-state index contributed by atoms with van der Waals surface area (Å²) in [6.07, 6.45) is 3.34.